The van der Waals surface area contributed by atoms with Gasteiger partial charge in [0.2, 0.25) is 5.28 Å². The summed E-state index contributed by atoms with van der Waals surface area (Å²) < 4.78 is 21.0. The van der Waals surface area contributed by atoms with Gasteiger partial charge in [0.15, 0.2) is 18.0 Å². The molecule has 1 aliphatic carbocycles. The van der Waals surface area contributed by atoms with Crippen molar-refractivity contribution < 1.29 is 19.3 Å². The summed E-state index contributed by atoms with van der Waals surface area (Å²) in [5, 5.41) is 27.2. The van der Waals surface area contributed by atoms with Crippen LogP contribution in [0.15, 0.2) is 6.20 Å². The molecular formula is C15H19ClFN5O3. The van der Waals surface area contributed by atoms with E-state index in [0.717, 1.165) is 12.8 Å². The number of nitrogens with zero attached hydrogens (tertiary/aromatic N) is 4. The summed E-state index contributed by atoms with van der Waals surface area (Å²) in [4.78, 5) is 8.31. The number of nitrogens with one attached hydrogen (secondary N) is 1. The highest BCUT2D eigenvalue weighted by molar-refractivity contribution is 6.28. The van der Waals surface area contributed by atoms with Crippen LogP contribution in [0.5, 0.6) is 0 Å². The average Bonchev–Trinajstić information content (AvgIpc) is 3.29. The Morgan fingerprint density at radius 1 is 1.36 bits per heavy atom. The minimum Gasteiger partial charge on any atom is -0.394 e. The van der Waals surface area contributed by atoms with Crippen LogP contribution in [-0.4, -0.2) is 61.0 Å². The lowest BCUT2D eigenvalue weighted by Crippen LogP contribution is -2.30. The molecule has 1 saturated heterocycles. The van der Waals surface area contributed by atoms with Gasteiger partial charge < -0.3 is 20.3 Å². The van der Waals surface area contributed by atoms with Gasteiger partial charge in [0.25, 0.3) is 0 Å². The Balaban J connectivity index is 1.67. The highest BCUT2D eigenvalue weighted by atomic mass is 35.5. The second-order valence-electron chi connectivity index (χ2n) is 6.50. The summed E-state index contributed by atoms with van der Waals surface area (Å²) >= 11 is 5.99. The number of aliphatic hydroxyl groups is 2. The summed E-state index contributed by atoms with van der Waals surface area (Å²) in [6.07, 6.45) is 0.774. The van der Waals surface area contributed by atoms with E-state index in [1.807, 2.05) is 0 Å². The third-order valence-electron chi connectivity index (χ3n) is 4.80. The van der Waals surface area contributed by atoms with Crippen LogP contribution in [0.1, 0.15) is 31.9 Å². The molecule has 136 valence electrons. The maximum atomic E-state index is 14.3. The predicted octanol–water partition coefficient (Wildman–Crippen LogP) is 1.42. The maximum absolute atomic E-state index is 14.3. The zero-order valence-corrected chi connectivity index (χ0v) is 14.1. The van der Waals surface area contributed by atoms with Crippen LogP contribution in [-0.2, 0) is 4.74 Å². The van der Waals surface area contributed by atoms with E-state index in [1.165, 1.54) is 17.5 Å². The van der Waals surface area contributed by atoms with Gasteiger partial charge in [0.1, 0.15) is 18.0 Å². The largest absolute Gasteiger partial charge is 0.394 e. The van der Waals surface area contributed by atoms with E-state index < -0.39 is 31.2 Å². The van der Waals surface area contributed by atoms with E-state index in [-0.39, 0.29) is 5.28 Å². The van der Waals surface area contributed by atoms with Crippen molar-refractivity contribution in [3.8, 4) is 0 Å². The van der Waals surface area contributed by atoms with Gasteiger partial charge in [0.05, 0.1) is 12.0 Å². The van der Waals surface area contributed by atoms with E-state index in [9.17, 15) is 9.50 Å². The number of anilines is 1. The van der Waals surface area contributed by atoms with Gasteiger partial charge in [-0.05, 0) is 24.4 Å². The van der Waals surface area contributed by atoms with Crippen molar-refractivity contribution >= 4 is 28.5 Å². The highest BCUT2D eigenvalue weighted by Gasteiger charge is 2.45. The third-order valence-corrected chi connectivity index (χ3v) is 4.97. The SMILES string of the molecule is OC[C@H]1O[C@@H](n2cc3c(NC4CCCC4)nc(Cl)nc3n2)[C@@H](F)[C@@H]1O. The van der Waals surface area contributed by atoms with Crippen LogP contribution >= 0.6 is 11.6 Å². The quantitative estimate of drug-likeness (QED) is 0.698. The number of hydrogen-bond donors (Lipinski definition) is 3. The Hall–Kier alpha value is -1.55. The molecule has 2 aromatic rings. The Kier molecular flexibility index (Phi) is 4.48. The van der Waals surface area contributed by atoms with E-state index in [1.54, 1.807) is 6.20 Å². The normalized spacial score (nSPS) is 30.4. The number of ether oxygens (including phenoxy) is 1. The minimum atomic E-state index is -1.71. The van der Waals surface area contributed by atoms with E-state index in [2.05, 4.69) is 20.4 Å². The van der Waals surface area contributed by atoms with Gasteiger partial charge in [-0.25, -0.2) is 9.07 Å². The molecule has 0 bridgehead atoms. The number of fused-ring (bicyclic) bond motifs is 1. The molecule has 0 radical (unpaired) electrons. The van der Waals surface area contributed by atoms with Crippen molar-refractivity contribution in [2.45, 2.75) is 56.3 Å². The third kappa shape index (κ3) is 3.05. The molecule has 0 unspecified atom stereocenters. The van der Waals surface area contributed by atoms with Crippen molar-refractivity contribution in [2.24, 2.45) is 0 Å². The minimum absolute atomic E-state index is 0.0515. The first kappa shape index (κ1) is 16.9. The fraction of sp³-hybridized carbons (Fsp3) is 0.667. The second kappa shape index (κ2) is 6.64. The molecule has 0 amide bonds. The lowest BCUT2D eigenvalue weighted by atomic mass is 10.1. The van der Waals surface area contributed by atoms with E-state index in [4.69, 9.17) is 21.4 Å². The van der Waals surface area contributed by atoms with Gasteiger partial charge in [-0.3, -0.25) is 0 Å². The molecule has 3 N–H and O–H groups in total. The zero-order valence-electron chi connectivity index (χ0n) is 13.3. The predicted molar refractivity (Wildman–Crippen MR) is 88.1 cm³/mol. The average molecular weight is 372 g/mol. The molecule has 3 heterocycles. The molecule has 2 fully saturated rings. The molecule has 4 rings (SSSR count). The van der Waals surface area contributed by atoms with Crippen molar-refractivity contribution in [3.63, 3.8) is 0 Å². The number of aliphatic hydroxyl groups excluding tert-OH is 2. The maximum Gasteiger partial charge on any atom is 0.226 e. The standard InChI is InChI=1S/C15H19ClFN5O3/c16-15-19-12(18-7-3-1-2-4-7)8-5-22(21-13(8)20-15)14-10(17)11(24)9(6-23)25-14/h5,7,9-11,14,23-24H,1-4,6H2,(H,18,19,20,21)/t9-,10+,11-,14-/m1/s1. The first-order valence-electron chi connectivity index (χ1n) is 8.34. The molecular weight excluding hydrogens is 353 g/mol. The summed E-state index contributed by atoms with van der Waals surface area (Å²) in [6, 6.07) is 0.315. The zero-order chi connectivity index (χ0) is 17.6. The summed E-state index contributed by atoms with van der Waals surface area (Å²) in [7, 11) is 0. The fourth-order valence-corrected chi connectivity index (χ4v) is 3.63. The van der Waals surface area contributed by atoms with Crippen molar-refractivity contribution in [1.82, 2.24) is 19.7 Å². The summed E-state index contributed by atoms with van der Waals surface area (Å²) in [5.41, 5.74) is 0.318. The number of rotatable bonds is 4. The molecule has 1 aliphatic heterocycles. The number of alkyl halides is 1. The van der Waals surface area contributed by atoms with Crippen molar-refractivity contribution in [1.29, 1.82) is 0 Å². The molecule has 0 aromatic carbocycles. The number of halogens is 2. The van der Waals surface area contributed by atoms with Crippen LogP contribution in [0.4, 0.5) is 10.2 Å². The summed E-state index contributed by atoms with van der Waals surface area (Å²) in [5.74, 6) is 0.556. The molecule has 2 aliphatic rings. The smallest absolute Gasteiger partial charge is 0.226 e. The van der Waals surface area contributed by atoms with Crippen LogP contribution < -0.4 is 5.32 Å². The van der Waals surface area contributed by atoms with Gasteiger partial charge in [-0.2, -0.15) is 9.97 Å². The van der Waals surface area contributed by atoms with Gasteiger partial charge in [-0.1, -0.05) is 12.8 Å². The lowest BCUT2D eigenvalue weighted by Gasteiger charge is -2.13. The molecule has 2 aromatic heterocycles. The lowest BCUT2D eigenvalue weighted by molar-refractivity contribution is -0.0519. The van der Waals surface area contributed by atoms with Crippen molar-refractivity contribution in [3.05, 3.63) is 11.5 Å². The Bertz CT molecular complexity index is 769. The van der Waals surface area contributed by atoms with Crippen LogP contribution in [0.3, 0.4) is 0 Å². The number of hydrogen-bond acceptors (Lipinski definition) is 7. The summed E-state index contributed by atoms with van der Waals surface area (Å²) in [6.45, 7) is -0.473. The monoisotopic (exact) mass is 371 g/mol. The van der Waals surface area contributed by atoms with E-state index >= 15 is 0 Å². The second-order valence-corrected chi connectivity index (χ2v) is 6.83. The Morgan fingerprint density at radius 3 is 2.80 bits per heavy atom. The Morgan fingerprint density at radius 2 is 2.12 bits per heavy atom. The van der Waals surface area contributed by atoms with Gasteiger partial charge >= 0.3 is 0 Å². The van der Waals surface area contributed by atoms with Crippen molar-refractivity contribution in [2.75, 3.05) is 11.9 Å². The van der Waals surface area contributed by atoms with Gasteiger partial charge in [0, 0.05) is 12.2 Å². The molecule has 10 heteroatoms. The molecule has 1 saturated carbocycles. The van der Waals surface area contributed by atoms with Crippen LogP contribution in [0, 0.1) is 0 Å². The molecule has 4 atom stereocenters. The molecule has 25 heavy (non-hydrogen) atoms. The Labute approximate surface area is 148 Å². The van der Waals surface area contributed by atoms with Crippen LogP contribution in [0.25, 0.3) is 11.0 Å². The number of aromatic nitrogens is 4. The fourth-order valence-electron chi connectivity index (χ4n) is 3.47. The molecule has 8 nitrogen and oxygen atoms in total. The topological polar surface area (TPSA) is 105 Å². The molecule has 0 spiro atoms. The van der Waals surface area contributed by atoms with Gasteiger partial charge in [-0.15, -0.1) is 5.10 Å². The van der Waals surface area contributed by atoms with E-state index in [0.29, 0.717) is 22.9 Å². The highest BCUT2D eigenvalue weighted by Crippen LogP contribution is 2.33. The first-order valence-corrected chi connectivity index (χ1v) is 8.72. The first-order chi connectivity index (χ1) is 12.1. The van der Waals surface area contributed by atoms with Crippen LogP contribution in [0.2, 0.25) is 5.28 Å².